The van der Waals surface area contributed by atoms with Crippen LogP contribution < -0.4 is 5.32 Å². The van der Waals surface area contributed by atoms with E-state index in [1.165, 1.54) is 6.07 Å². The Morgan fingerprint density at radius 3 is 2.82 bits per heavy atom. The summed E-state index contributed by atoms with van der Waals surface area (Å²) in [7, 11) is 0. The van der Waals surface area contributed by atoms with Crippen LogP contribution in [-0.4, -0.2) is 18.9 Å². The highest BCUT2D eigenvalue weighted by Gasteiger charge is 2.15. The van der Waals surface area contributed by atoms with Gasteiger partial charge in [-0.2, -0.15) is 0 Å². The van der Waals surface area contributed by atoms with Crippen LogP contribution in [-0.2, 0) is 11.2 Å². The van der Waals surface area contributed by atoms with Gasteiger partial charge in [-0.25, -0.2) is 4.39 Å². The molecule has 0 radical (unpaired) electrons. The molecule has 1 N–H and O–H groups in total. The van der Waals surface area contributed by atoms with Crippen LogP contribution in [0.15, 0.2) is 18.2 Å². The molecule has 1 rings (SSSR count). The zero-order chi connectivity index (χ0) is 12.8. The quantitative estimate of drug-likeness (QED) is 0.849. The molecular weight excluding hydrogens is 241 g/mol. The molecule has 0 saturated carbocycles. The van der Waals surface area contributed by atoms with E-state index in [9.17, 15) is 9.18 Å². The van der Waals surface area contributed by atoms with Crippen LogP contribution in [0, 0.1) is 11.7 Å². The number of benzene rings is 1. The first-order valence-corrected chi connectivity index (χ1v) is 6.09. The number of carbonyl (C=O) groups excluding carboxylic acids is 1. The van der Waals surface area contributed by atoms with Crippen LogP contribution in [0.25, 0.3) is 0 Å². The Morgan fingerprint density at radius 1 is 1.53 bits per heavy atom. The SMILES string of the molecule is CCNCC(C)C(=O)Cc1ccc(Cl)cc1F. The molecule has 2 nitrogen and oxygen atoms in total. The number of Topliss-reactive ketones (excluding diaryl/α,β-unsaturated/α-hetero) is 1. The fraction of sp³-hybridized carbons (Fsp3) is 0.462. The molecule has 4 heteroatoms. The summed E-state index contributed by atoms with van der Waals surface area (Å²) >= 11 is 5.65. The maximum absolute atomic E-state index is 13.5. The van der Waals surface area contributed by atoms with Crippen molar-refractivity contribution in [2.75, 3.05) is 13.1 Å². The molecule has 0 spiro atoms. The average Bonchev–Trinajstić information content (AvgIpc) is 2.29. The van der Waals surface area contributed by atoms with Crippen LogP contribution in [0.1, 0.15) is 19.4 Å². The minimum atomic E-state index is -0.415. The molecule has 0 heterocycles. The summed E-state index contributed by atoms with van der Waals surface area (Å²) < 4.78 is 13.5. The Bertz CT molecular complexity index is 395. The Hall–Kier alpha value is -0.930. The summed E-state index contributed by atoms with van der Waals surface area (Å²) in [6.07, 6.45) is 0.121. The first-order valence-electron chi connectivity index (χ1n) is 5.72. The van der Waals surface area contributed by atoms with Crippen molar-refractivity contribution in [2.24, 2.45) is 5.92 Å². The third-order valence-electron chi connectivity index (χ3n) is 2.63. The van der Waals surface area contributed by atoms with E-state index >= 15 is 0 Å². The van der Waals surface area contributed by atoms with Gasteiger partial charge in [0.25, 0.3) is 0 Å². The Balaban J connectivity index is 2.61. The van der Waals surface area contributed by atoms with Gasteiger partial charge < -0.3 is 5.32 Å². The fourth-order valence-electron chi connectivity index (χ4n) is 1.50. The van der Waals surface area contributed by atoms with Crippen molar-refractivity contribution in [3.05, 3.63) is 34.6 Å². The maximum atomic E-state index is 13.5. The fourth-order valence-corrected chi connectivity index (χ4v) is 1.66. The zero-order valence-electron chi connectivity index (χ0n) is 10.1. The predicted octanol–water partition coefficient (Wildman–Crippen LogP) is 2.84. The molecule has 0 bridgehead atoms. The lowest BCUT2D eigenvalue weighted by molar-refractivity contribution is -0.121. The largest absolute Gasteiger partial charge is 0.316 e. The summed E-state index contributed by atoms with van der Waals surface area (Å²) in [6, 6.07) is 4.40. The lowest BCUT2D eigenvalue weighted by Gasteiger charge is -2.11. The van der Waals surface area contributed by atoms with Gasteiger partial charge in [0.1, 0.15) is 11.6 Å². The van der Waals surface area contributed by atoms with E-state index in [1.54, 1.807) is 12.1 Å². The van der Waals surface area contributed by atoms with E-state index in [2.05, 4.69) is 5.32 Å². The molecule has 0 aromatic heterocycles. The summed E-state index contributed by atoms with van der Waals surface area (Å²) in [4.78, 5) is 11.8. The van der Waals surface area contributed by atoms with Gasteiger partial charge in [-0.3, -0.25) is 4.79 Å². The maximum Gasteiger partial charge on any atom is 0.141 e. The van der Waals surface area contributed by atoms with Crippen LogP contribution in [0.2, 0.25) is 5.02 Å². The summed E-state index contributed by atoms with van der Waals surface area (Å²) in [5, 5.41) is 3.45. The molecule has 0 aliphatic carbocycles. The zero-order valence-corrected chi connectivity index (χ0v) is 10.9. The number of carbonyl (C=O) groups is 1. The second-order valence-corrected chi connectivity index (χ2v) is 4.52. The molecule has 1 unspecified atom stereocenters. The van der Waals surface area contributed by atoms with Crippen molar-refractivity contribution in [1.82, 2.24) is 5.32 Å². The topological polar surface area (TPSA) is 29.1 Å². The van der Waals surface area contributed by atoms with Gasteiger partial charge in [0.2, 0.25) is 0 Å². The van der Waals surface area contributed by atoms with Crippen molar-refractivity contribution in [3.8, 4) is 0 Å². The van der Waals surface area contributed by atoms with Crippen molar-refractivity contribution in [1.29, 1.82) is 0 Å². The molecule has 0 fully saturated rings. The molecule has 0 amide bonds. The van der Waals surface area contributed by atoms with Crippen molar-refractivity contribution in [2.45, 2.75) is 20.3 Å². The first kappa shape index (κ1) is 14.1. The van der Waals surface area contributed by atoms with E-state index in [4.69, 9.17) is 11.6 Å². The van der Waals surface area contributed by atoms with Gasteiger partial charge in [0, 0.05) is 23.9 Å². The molecule has 0 aliphatic rings. The summed E-state index contributed by atoms with van der Waals surface area (Å²) in [5.41, 5.74) is 0.405. The number of ketones is 1. The molecule has 1 aromatic rings. The number of hydrogen-bond acceptors (Lipinski definition) is 2. The van der Waals surface area contributed by atoms with Gasteiger partial charge in [0.05, 0.1) is 0 Å². The third kappa shape index (κ3) is 4.44. The highest BCUT2D eigenvalue weighted by molar-refractivity contribution is 6.30. The molecule has 94 valence electrons. The third-order valence-corrected chi connectivity index (χ3v) is 2.87. The highest BCUT2D eigenvalue weighted by Crippen LogP contribution is 2.16. The molecule has 0 saturated heterocycles. The van der Waals surface area contributed by atoms with E-state index in [1.807, 2.05) is 13.8 Å². The Kier molecular flexibility index (Phi) is 5.59. The monoisotopic (exact) mass is 257 g/mol. The number of halogens is 2. The second kappa shape index (κ2) is 6.72. The predicted molar refractivity (Wildman–Crippen MR) is 67.8 cm³/mol. The minimum absolute atomic E-state index is 0.0344. The number of rotatable bonds is 6. The van der Waals surface area contributed by atoms with Crippen molar-refractivity contribution >= 4 is 17.4 Å². The van der Waals surface area contributed by atoms with Gasteiger partial charge in [-0.05, 0) is 24.2 Å². The van der Waals surface area contributed by atoms with E-state index < -0.39 is 5.82 Å². The summed E-state index contributed by atoms with van der Waals surface area (Å²) in [6.45, 7) is 5.28. The minimum Gasteiger partial charge on any atom is -0.316 e. The highest BCUT2D eigenvalue weighted by atomic mass is 35.5. The van der Waals surface area contributed by atoms with Gasteiger partial charge in [-0.15, -0.1) is 0 Å². The first-order chi connectivity index (χ1) is 8.04. The Morgan fingerprint density at radius 2 is 2.24 bits per heavy atom. The molecule has 17 heavy (non-hydrogen) atoms. The normalized spacial score (nSPS) is 12.5. The average molecular weight is 258 g/mol. The van der Waals surface area contributed by atoms with Crippen LogP contribution in [0.5, 0.6) is 0 Å². The lowest BCUT2D eigenvalue weighted by Crippen LogP contribution is -2.27. The smallest absolute Gasteiger partial charge is 0.141 e. The van der Waals surface area contributed by atoms with E-state index in [0.29, 0.717) is 17.1 Å². The number of nitrogens with one attached hydrogen (secondary N) is 1. The van der Waals surface area contributed by atoms with Crippen molar-refractivity contribution in [3.63, 3.8) is 0 Å². The van der Waals surface area contributed by atoms with E-state index in [-0.39, 0.29) is 18.1 Å². The second-order valence-electron chi connectivity index (χ2n) is 4.09. The van der Waals surface area contributed by atoms with Crippen LogP contribution in [0.4, 0.5) is 4.39 Å². The molecule has 0 aliphatic heterocycles. The van der Waals surface area contributed by atoms with Gasteiger partial charge >= 0.3 is 0 Å². The molecular formula is C13H17ClFNO. The summed E-state index contributed by atoms with van der Waals surface area (Å²) in [5.74, 6) is -0.487. The molecule has 1 atom stereocenters. The lowest BCUT2D eigenvalue weighted by atomic mass is 9.99. The van der Waals surface area contributed by atoms with Crippen LogP contribution in [0.3, 0.4) is 0 Å². The number of hydrogen-bond donors (Lipinski definition) is 1. The van der Waals surface area contributed by atoms with Gasteiger partial charge in [0.15, 0.2) is 0 Å². The van der Waals surface area contributed by atoms with Gasteiger partial charge in [-0.1, -0.05) is 31.5 Å². The Labute approximate surface area is 106 Å². The standard InChI is InChI=1S/C13H17ClFNO/c1-3-16-8-9(2)13(17)6-10-4-5-11(14)7-12(10)15/h4-5,7,9,16H,3,6,8H2,1-2H3. The molecule has 1 aromatic carbocycles. The van der Waals surface area contributed by atoms with E-state index in [0.717, 1.165) is 6.54 Å². The van der Waals surface area contributed by atoms with Crippen molar-refractivity contribution < 1.29 is 9.18 Å². The van der Waals surface area contributed by atoms with Crippen LogP contribution >= 0.6 is 11.6 Å².